The van der Waals surface area contributed by atoms with Crippen LogP contribution in [0.15, 0.2) is 41.6 Å². The summed E-state index contributed by atoms with van der Waals surface area (Å²) in [5.74, 6) is 0.471. The number of thioether (sulfide) groups is 1. The molecule has 11 heteroatoms. The molecule has 1 amide bonds. The smallest absolute Gasteiger partial charge is 0.234 e. The van der Waals surface area contributed by atoms with Crippen molar-refractivity contribution in [3.63, 3.8) is 0 Å². The number of nitrogens with one attached hydrogen (secondary N) is 1. The molecule has 0 spiro atoms. The van der Waals surface area contributed by atoms with Gasteiger partial charge >= 0.3 is 0 Å². The van der Waals surface area contributed by atoms with Gasteiger partial charge in [0.15, 0.2) is 0 Å². The molecule has 27 heavy (non-hydrogen) atoms. The quantitative estimate of drug-likeness (QED) is 0.569. The van der Waals surface area contributed by atoms with E-state index in [4.69, 9.17) is 39.5 Å². The second-order valence-electron chi connectivity index (χ2n) is 5.15. The van der Waals surface area contributed by atoms with Gasteiger partial charge in [0.2, 0.25) is 11.1 Å². The number of halogens is 3. The molecule has 0 saturated carbocycles. The summed E-state index contributed by atoms with van der Waals surface area (Å²) in [4.78, 5) is 12.3. The molecule has 0 atom stereocenters. The van der Waals surface area contributed by atoms with Crippen LogP contribution in [0.1, 0.15) is 0 Å². The van der Waals surface area contributed by atoms with Gasteiger partial charge in [-0.05, 0) is 46.8 Å². The highest BCUT2D eigenvalue weighted by molar-refractivity contribution is 7.99. The second-order valence-corrected chi connectivity index (χ2v) is 7.35. The molecule has 0 unspecified atom stereocenters. The molecule has 0 fully saturated rings. The van der Waals surface area contributed by atoms with Gasteiger partial charge < -0.3 is 10.1 Å². The van der Waals surface area contributed by atoms with Gasteiger partial charge in [-0.25, -0.2) is 0 Å². The van der Waals surface area contributed by atoms with Crippen molar-refractivity contribution in [2.24, 2.45) is 0 Å². The molecule has 0 saturated heterocycles. The van der Waals surface area contributed by atoms with E-state index in [9.17, 15) is 4.79 Å². The number of nitrogens with zero attached hydrogens (tertiary/aromatic N) is 4. The lowest BCUT2D eigenvalue weighted by molar-refractivity contribution is -0.113. The Morgan fingerprint density at radius 3 is 2.48 bits per heavy atom. The fourth-order valence-electron chi connectivity index (χ4n) is 2.12. The summed E-state index contributed by atoms with van der Waals surface area (Å²) in [5.41, 5.74) is 1.05. The zero-order chi connectivity index (χ0) is 19.4. The van der Waals surface area contributed by atoms with Crippen LogP contribution in [-0.4, -0.2) is 39.0 Å². The number of benzene rings is 2. The molecule has 1 aromatic heterocycles. The van der Waals surface area contributed by atoms with Crippen molar-refractivity contribution in [3.05, 3.63) is 51.5 Å². The zero-order valence-electron chi connectivity index (χ0n) is 13.8. The highest BCUT2D eigenvalue weighted by Gasteiger charge is 2.14. The summed E-state index contributed by atoms with van der Waals surface area (Å²) in [5, 5.41) is 15.6. The molecule has 140 valence electrons. The van der Waals surface area contributed by atoms with Crippen LogP contribution in [0, 0.1) is 0 Å². The number of carbonyl (C=O) groups is 1. The molecule has 0 bridgehead atoms. The minimum absolute atomic E-state index is 0.0613. The number of tetrazole rings is 1. The molecule has 2 aromatic carbocycles. The van der Waals surface area contributed by atoms with Gasteiger partial charge in [0, 0.05) is 5.02 Å². The number of anilines is 1. The van der Waals surface area contributed by atoms with Crippen molar-refractivity contribution in [3.8, 4) is 11.4 Å². The van der Waals surface area contributed by atoms with Gasteiger partial charge in [0.25, 0.3) is 0 Å². The van der Waals surface area contributed by atoms with Crippen LogP contribution >= 0.6 is 46.6 Å². The summed E-state index contributed by atoms with van der Waals surface area (Å²) >= 11 is 19.2. The van der Waals surface area contributed by atoms with Crippen molar-refractivity contribution in [2.45, 2.75) is 5.16 Å². The van der Waals surface area contributed by atoms with Gasteiger partial charge in [-0.2, -0.15) is 4.68 Å². The first-order chi connectivity index (χ1) is 13.0. The van der Waals surface area contributed by atoms with Crippen molar-refractivity contribution >= 4 is 58.2 Å². The number of aromatic nitrogens is 4. The lowest BCUT2D eigenvalue weighted by Crippen LogP contribution is -2.15. The fourth-order valence-corrected chi connectivity index (χ4v) is 3.72. The number of hydrogen-bond acceptors (Lipinski definition) is 6. The minimum atomic E-state index is -0.310. The van der Waals surface area contributed by atoms with Crippen LogP contribution in [0.25, 0.3) is 5.69 Å². The summed E-state index contributed by atoms with van der Waals surface area (Å²) in [6.45, 7) is 0. The summed E-state index contributed by atoms with van der Waals surface area (Å²) in [6, 6.07) is 10.2. The summed E-state index contributed by atoms with van der Waals surface area (Å²) in [7, 11) is 1.59. The predicted octanol–water partition coefficient (Wildman–Crippen LogP) is 4.36. The van der Waals surface area contributed by atoms with E-state index in [0.29, 0.717) is 15.9 Å². The maximum atomic E-state index is 12.3. The van der Waals surface area contributed by atoms with E-state index < -0.39 is 0 Å². The highest BCUT2D eigenvalue weighted by atomic mass is 35.5. The van der Waals surface area contributed by atoms with Crippen molar-refractivity contribution < 1.29 is 9.53 Å². The largest absolute Gasteiger partial charge is 0.497 e. The summed E-state index contributed by atoms with van der Waals surface area (Å²) in [6.07, 6.45) is 0. The Hall–Kier alpha value is -2.00. The SMILES string of the molecule is COc1ccc(-n2nnnc2SCC(=O)Nc2c(Cl)cc(Cl)cc2Cl)cc1. The van der Waals surface area contributed by atoms with Crippen molar-refractivity contribution in [1.82, 2.24) is 20.2 Å². The molecule has 1 heterocycles. The molecule has 7 nitrogen and oxygen atoms in total. The Kier molecular flexibility index (Phi) is 6.43. The Morgan fingerprint density at radius 2 is 1.85 bits per heavy atom. The standard InChI is InChI=1S/C16H12Cl3N5O2S/c1-26-11-4-2-10(3-5-11)24-16(21-22-23-24)27-8-14(25)20-15-12(18)6-9(17)7-13(15)19/h2-7H,8H2,1H3,(H,20,25). The van der Waals surface area contributed by atoms with Crippen LogP contribution < -0.4 is 10.1 Å². The van der Waals surface area contributed by atoms with Crippen molar-refractivity contribution in [1.29, 1.82) is 0 Å². The lowest BCUT2D eigenvalue weighted by Gasteiger charge is -2.10. The second kappa shape index (κ2) is 8.79. The number of rotatable bonds is 6. The minimum Gasteiger partial charge on any atom is -0.497 e. The van der Waals surface area contributed by atoms with Crippen LogP contribution in [0.5, 0.6) is 5.75 Å². The van der Waals surface area contributed by atoms with E-state index >= 15 is 0 Å². The van der Waals surface area contributed by atoms with E-state index in [2.05, 4.69) is 20.8 Å². The molecule has 0 aliphatic rings. The molecular weight excluding hydrogens is 433 g/mol. The van der Waals surface area contributed by atoms with E-state index in [1.807, 2.05) is 12.1 Å². The average Bonchev–Trinajstić information content (AvgIpc) is 3.11. The van der Waals surface area contributed by atoms with Gasteiger partial charge in [-0.1, -0.05) is 46.6 Å². The van der Waals surface area contributed by atoms with E-state index in [-0.39, 0.29) is 21.7 Å². The van der Waals surface area contributed by atoms with Gasteiger partial charge in [0.05, 0.1) is 34.3 Å². The Labute approximate surface area is 173 Å². The van der Waals surface area contributed by atoms with Gasteiger partial charge in [-0.15, -0.1) is 5.10 Å². The zero-order valence-corrected chi connectivity index (χ0v) is 16.9. The molecule has 0 radical (unpaired) electrons. The molecule has 3 rings (SSSR count). The highest BCUT2D eigenvalue weighted by Crippen LogP contribution is 2.33. The topological polar surface area (TPSA) is 81.9 Å². The van der Waals surface area contributed by atoms with Crippen LogP contribution in [0.4, 0.5) is 5.69 Å². The fraction of sp³-hybridized carbons (Fsp3) is 0.125. The third kappa shape index (κ3) is 4.84. The Balaban J connectivity index is 1.67. The normalized spacial score (nSPS) is 10.7. The Morgan fingerprint density at radius 1 is 1.19 bits per heavy atom. The predicted molar refractivity (Wildman–Crippen MR) is 107 cm³/mol. The molecule has 1 N–H and O–H groups in total. The molecule has 0 aliphatic carbocycles. The van der Waals surface area contributed by atoms with Crippen LogP contribution in [0.2, 0.25) is 15.1 Å². The third-order valence-electron chi connectivity index (χ3n) is 3.36. The first-order valence-corrected chi connectivity index (χ1v) is 9.60. The number of methoxy groups -OCH3 is 1. The number of carbonyl (C=O) groups excluding carboxylic acids is 1. The molecule has 3 aromatic rings. The Bertz CT molecular complexity index is 942. The molecule has 0 aliphatic heterocycles. The van der Waals surface area contributed by atoms with Crippen molar-refractivity contribution in [2.75, 3.05) is 18.2 Å². The summed E-state index contributed by atoms with van der Waals surface area (Å²) < 4.78 is 6.66. The van der Waals surface area contributed by atoms with E-state index in [1.54, 1.807) is 19.2 Å². The number of hydrogen-bond donors (Lipinski definition) is 1. The first kappa shape index (κ1) is 19.8. The first-order valence-electron chi connectivity index (χ1n) is 7.48. The van der Waals surface area contributed by atoms with Gasteiger partial charge in [0.1, 0.15) is 5.75 Å². The number of amides is 1. The van der Waals surface area contributed by atoms with Crippen LogP contribution in [-0.2, 0) is 4.79 Å². The maximum absolute atomic E-state index is 12.3. The maximum Gasteiger partial charge on any atom is 0.234 e. The average molecular weight is 445 g/mol. The third-order valence-corrected chi connectivity index (χ3v) is 5.10. The number of ether oxygens (including phenoxy) is 1. The van der Waals surface area contributed by atoms with E-state index in [1.165, 1.54) is 28.6 Å². The molecular formula is C16H12Cl3N5O2S. The van der Waals surface area contributed by atoms with Gasteiger partial charge in [-0.3, -0.25) is 4.79 Å². The monoisotopic (exact) mass is 443 g/mol. The van der Waals surface area contributed by atoms with Crippen LogP contribution in [0.3, 0.4) is 0 Å². The van der Waals surface area contributed by atoms with E-state index in [0.717, 1.165) is 11.4 Å². The lowest BCUT2D eigenvalue weighted by atomic mass is 10.3.